The molecule has 5 nitrogen and oxygen atoms in total. The third-order valence-corrected chi connectivity index (χ3v) is 4.02. The highest BCUT2D eigenvalue weighted by atomic mass is 35.5. The number of nitrogens with one attached hydrogen (secondary N) is 1. The van der Waals surface area contributed by atoms with Crippen molar-refractivity contribution in [3.8, 4) is 5.75 Å². The lowest BCUT2D eigenvalue weighted by Crippen LogP contribution is -2.23. The molecule has 136 valence electrons. The number of hydrogen-bond donors (Lipinski definition) is 1. The molecule has 0 bridgehead atoms. The molecule has 0 radical (unpaired) electrons. The molecule has 1 heterocycles. The maximum atomic E-state index is 13.4. The summed E-state index contributed by atoms with van der Waals surface area (Å²) in [4.78, 5) is 28.2. The van der Waals surface area contributed by atoms with Crippen molar-refractivity contribution >= 4 is 29.0 Å². The highest BCUT2D eigenvalue weighted by Crippen LogP contribution is 2.26. The minimum atomic E-state index is -0.817. The number of aromatic nitrogens is 1. The Hall–Kier alpha value is -3.25. The summed E-state index contributed by atoms with van der Waals surface area (Å²) in [6.45, 7) is 0.0000286. The minimum absolute atomic E-state index is 0.0000286. The lowest BCUT2D eigenvalue weighted by molar-refractivity contribution is -0.112. The van der Waals surface area contributed by atoms with Crippen molar-refractivity contribution in [2.45, 2.75) is 6.61 Å². The second-order valence-electron chi connectivity index (χ2n) is 5.55. The van der Waals surface area contributed by atoms with E-state index in [1.54, 1.807) is 30.3 Å². The molecule has 0 unspecified atom stereocenters. The first-order chi connectivity index (χ1) is 13.0. The Morgan fingerprint density at radius 3 is 2.70 bits per heavy atom. The fourth-order valence-corrected chi connectivity index (χ4v) is 2.48. The predicted molar refractivity (Wildman–Crippen MR) is 99.4 cm³/mol. The molecule has 2 aromatic carbocycles. The van der Waals surface area contributed by atoms with E-state index in [4.69, 9.17) is 16.3 Å². The van der Waals surface area contributed by atoms with Crippen molar-refractivity contribution in [3.05, 3.63) is 89.0 Å². The Morgan fingerprint density at radius 1 is 1.11 bits per heavy atom. The summed E-state index contributed by atoms with van der Waals surface area (Å²) in [7, 11) is 0. The molecule has 27 heavy (non-hydrogen) atoms. The SMILES string of the molecule is O=C(Nc1ccccc1OCc1cc(F)ccc1Cl)C(=O)c1cccnc1. The molecule has 0 aliphatic carbocycles. The van der Waals surface area contributed by atoms with Crippen LogP contribution in [0.25, 0.3) is 0 Å². The molecular weight excluding hydrogens is 371 g/mol. The molecule has 0 spiro atoms. The van der Waals surface area contributed by atoms with Crippen LogP contribution < -0.4 is 10.1 Å². The molecule has 3 rings (SSSR count). The summed E-state index contributed by atoms with van der Waals surface area (Å²) < 4.78 is 19.0. The number of amides is 1. The van der Waals surface area contributed by atoms with Crippen molar-refractivity contribution in [3.63, 3.8) is 0 Å². The van der Waals surface area contributed by atoms with E-state index in [9.17, 15) is 14.0 Å². The van der Waals surface area contributed by atoms with Crippen LogP contribution in [0.1, 0.15) is 15.9 Å². The number of ether oxygens (including phenoxy) is 1. The van der Waals surface area contributed by atoms with E-state index in [0.29, 0.717) is 22.0 Å². The van der Waals surface area contributed by atoms with Gasteiger partial charge in [-0.15, -0.1) is 0 Å². The summed E-state index contributed by atoms with van der Waals surface area (Å²) in [5.41, 5.74) is 0.955. The number of pyridine rings is 1. The van der Waals surface area contributed by atoms with Gasteiger partial charge in [0.25, 0.3) is 11.7 Å². The van der Waals surface area contributed by atoms with Crippen molar-refractivity contribution in [2.75, 3.05) is 5.32 Å². The fourth-order valence-electron chi connectivity index (χ4n) is 2.31. The average molecular weight is 385 g/mol. The van der Waals surface area contributed by atoms with Gasteiger partial charge in [-0.05, 0) is 42.5 Å². The molecule has 0 fully saturated rings. The van der Waals surface area contributed by atoms with E-state index in [-0.39, 0.29) is 12.2 Å². The Morgan fingerprint density at radius 2 is 1.93 bits per heavy atom. The van der Waals surface area contributed by atoms with Gasteiger partial charge >= 0.3 is 0 Å². The van der Waals surface area contributed by atoms with Gasteiger partial charge in [-0.2, -0.15) is 0 Å². The predicted octanol–water partition coefficient (Wildman–Crippen LogP) is 4.27. The van der Waals surface area contributed by atoms with Gasteiger partial charge < -0.3 is 10.1 Å². The second-order valence-corrected chi connectivity index (χ2v) is 5.95. The van der Waals surface area contributed by atoms with E-state index in [2.05, 4.69) is 10.3 Å². The summed E-state index contributed by atoms with van der Waals surface area (Å²) in [5.74, 6) is -1.64. The number of para-hydroxylation sites is 2. The monoisotopic (exact) mass is 384 g/mol. The van der Waals surface area contributed by atoms with Crippen LogP contribution in [0.3, 0.4) is 0 Å². The normalized spacial score (nSPS) is 10.3. The van der Waals surface area contributed by atoms with Gasteiger partial charge in [0.2, 0.25) is 0 Å². The van der Waals surface area contributed by atoms with E-state index >= 15 is 0 Å². The number of halogens is 2. The minimum Gasteiger partial charge on any atom is -0.487 e. The summed E-state index contributed by atoms with van der Waals surface area (Å²) in [6.07, 6.45) is 2.83. The second kappa shape index (κ2) is 8.42. The number of carbonyl (C=O) groups is 2. The van der Waals surface area contributed by atoms with Gasteiger partial charge in [0.05, 0.1) is 5.69 Å². The average Bonchev–Trinajstić information content (AvgIpc) is 2.69. The van der Waals surface area contributed by atoms with Gasteiger partial charge in [0, 0.05) is 28.5 Å². The quantitative estimate of drug-likeness (QED) is 0.509. The van der Waals surface area contributed by atoms with Crippen LogP contribution in [0.5, 0.6) is 5.75 Å². The number of carbonyl (C=O) groups excluding carboxylic acids is 2. The number of ketones is 1. The van der Waals surface area contributed by atoms with Gasteiger partial charge in [-0.1, -0.05) is 23.7 Å². The molecule has 1 aromatic heterocycles. The number of nitrogens with zero attached hydrogens (tertiary/aromatic N) is 1. The third-order valence-electron chi connectivity index (χ3n) is 3.66. The van der Waals surface area contributed by atoms with E-state index in [0.717, 1.165) is 0 Å². The highest BCUT2D eigenvalue weighted by Gasteiger charge is 2.18. The van der Waals surface area contributed by atoms with Crippen LogP contribution in [0.4, 0.5) is 10.1 Å². The summed E-state index contributed by atoms with van der Waals surface area (Å²) in [6, 6.07) is 13.7. The van der Waals surface area contributed by atoms with Crippen molar-refractivity contribution in [2.24, 2.45) is 0 Å². The lowest BCUT2D eigenvalue weighted by atomic mass is 10.2. The number of anilines is 1. The number of rotatable bonds is 6. The zero-order valence-corrected chi connectivity index (χ0v) is 14.7. The maximum Gasteiger partial charge on any atom is 0.296 e. The van der Waals surface area contributed by atoms with Crippen LogP contribution in [0.15, 0.2) is 67.0 Å². The first-order valence-electron chi connectivity index (χ1n) is 7.96. The molecule has 0 saturated heterocycles. The fraction of sp³-hybridized carbons (Fsp3) is 0.0500. The Balaban J connectivity index is 1.73. The van der Waals surface area contributed by atoms with Gasteiger partial charge in [-0.25, -0.2) is 4.39 Å². The maximum absolute atomic E-state index is 13.4. The summed E-state index contributed by atoms with van der Waals surface area (Å²) in [5, 5.41) is 2.89. The van der Waals surface area contributed by atoms with Crippen molar-refractivity contribution < 1.29 is 18.7 Å². The first-order valence-corrected chi connectivity index (χ1v) is 8.34. The molecule has 1 N–H and O–H groups in total. The molecule has 0 aliphatic heterocycles. The van der Waals surface area contributed by atoms with E-state index in [1.165, 1.54) is 36.7 Å². The van der Waals surface area contributed by atoms with Crippen molar-refractivity contribution in [1.82, 2.24) is 4.98 Å². The molecule has 7 heteroatoms. The smallest absolute Gasteiger partial charge is 0.296 e. The Bertz CT molecular complexity index is 980. The number of Topliss-reactive ketones (excluding diaryl/α,β-unsaturated/α-hetero) is 1. The molecule has 0 saturated carbocycles. The molecule has 0 atom stereocenters. The molecule has 0 aliphatic rings. The standard InChI is InChI=1S/C20H14ClFN2O3/c21-16-8-7-15(22)10-14(16)12-27-18-6-2-1-5-17(18)24-20(26)19(25)13-4-3-9-23-11-13/h1-11H,12H2,(H,24,26). The van der Waals surface area contributed by atoms with E-state index in [1.807, 2.05) is 0 Å². The van der Waals surface area contributed by atoms with Crippen LogP contribution >= 0.6 is 11.6 Å². The summed E-state index contributed by atoms with van der Waals surface area (Å²) >= 11 is 6.03. The van der Waals surface area contributed by atoms with Gasteiger partial charge in [-0.3, -0.25) is 14.6 Å². The number of hydrogen-bond acceptors (Lipinski definition) is 4. The van der Waals surface area contributed by atoms with Crippen molar-refractivity contribution in [1.29, 1.82) is 0 Å². The zero-order valence-electron chi connectivity index (χ0n) is 14.0. The zero-order chi connectivity index (χ0) is 19.2. The highest BCUT2D eigenvalue weighted by molar-refractivity contribution is 6.46. The van der Waals surface area contributed by atoms with Crippen LogP contribution in [0, 0.1) is 5.82 Å². The Kier molecular flexibility index (Phi) is 5.78. The Labute approximate surface area is 159 Å². The molecule has 1 amide bonds. The van der Waals surface area contributed by atoms with Crippen LogP contribution in [0.2, 0.25) is 5.02 Å². The van der Waals surface area contributed by atoms with Gasteiger partial charge in [0.15, 0.2) is 0 Å². The van der Waals surface area contributed by atoms with E-state index < -0.39 is 17.5 Å². The lowest BCUT2D eigenvalue weighted by Gasteiger charge is -2.13. The molecule has 3 aromatic rings. The molecular formula is C20H14ClFN2O3. The third kappa shape index (κ3) is 4.68. The largest absolute Gasteiger partial charge is 0.487 e. The van der Waals surface area contributed by atoms with Crippen LogP contribution in [-0.2, 0) is 11.4 Å². The van der Waals surface area contributed by atoms with Crippen LogP contribution in [-0.4, -0.2) is 16.7 Å². The number of benzene rings is 2. The first kappa shape index (κ1) is 18.5. The van der Waals surface area contributed by atoms with Gasteiger partial charge in [0.1, 0.15) is 18.2 Å². The topological polar surface area (TPSA) is 68.3 Å².